The highest BCUT2D eigenvalue weighted by Crippen LogP contribution is 2.21. The van der Waals surface area contributed by atoms with Gasteiger partial charge in [-0.2, -0.15) is 16.8 Å². The summed E-state index contributed by atoms with van der Waals surface area (Å²) in [6, 6.07) is 5.78. The first-order valence-electron chi connectivity index (χ1n) is 8.12. The van der Waals surface area contributed by atoms with Crippen LogP contribution in [0.4, 0.5) is 0 Å². The predicted octanol–water partition coefficient (Wildman–Crippen LogP) is 2.52. The second-order valence-corrected chi connectivity index (χ2v) is 8.95. The Kier molecular flexibility index (Phi) is 8.54. The topological polar surface area (TPSA) is 104 Å². The maximum atomic E-state index is 12.2. The lowest BCUT2D eigenvalue weighted by atomic mass is 10.1. The predicted molar refractivity (Wildman–Crippen MR) is 94.7 cm³/mol. The molecule has 1 rings (SSSR count). The summed E-state index contributed by atoms with van der Waals surface area (Å²) in [5.74, 6) is -1.12. The van der Waals surface area contributed by atoms with Gasteiger partial charge in [0, 0.05) is 0 Å². The molecule has 0 fully saturated rings. The number of para-hydroxylation sites is 1. The van der Waals surface area contributed by atoms with Crippen molar-refractivity contribution >= 4 is 26.0 Å². The SMILES string of the molecule is CCCCS(=O)(=O)OCC(=O)c1ccccc1OS(=O)(=O)CCCC. The van der Waals surface area contributed by atoms with Gasteiger partial charge in [-0.05, 0) is 25.0 Å². The number of carbonyl (C=O) groups excluding carboxylic acids is 1. The van der Waals surface area contributed by atoms with E-state index in [1.807, 2.05) is 13.8 Å². The summed E-state index contributed by atoms with van der Waals surface area (Å²) in [6.45, 7) is 3.00. The fourth-order valence-electron chi connectivity index (χ4n) is 1.87. The molecule has 0 unspecified atom stereocenters. The molecule has 0 aliphatic rings. The van der Waals surface area contributed by atoms with Crippen LogP contribution in [-0.2, 0) is 24.4 Å². The van der Waals surface area contributed by atoms with Gasteiger partial charge in [-0.3, -0.25) is 8.98 Å². The number of carbonyl (C=O) groups is 1. The summed E-state index contributed by atoms with van der Waals surface area (Å²) < 4.78 is 56.8. The first kappa shape index (κ1) is 21.6. The average molecular weight is 392 g/mol. The number of rotatable bonds is 12. The molecule has 0 saturated carbocycles. The van der Waals surface area contributed by atoms with Gasteiger partial charge in [-0.25, -0.2) is 0 Å². The molecule has 0 aromatic heterocycles. The number of Topliss-reactive ketones (excluding diaryl/α,β-unsaturated/α-hetero) is 1. The Morgan fingerprint density at radius 2 is 1.48 bits per heavy atom. The fraction of sp³-hybridized carbons (Fsp3) is 0.562. The quantitative estimate of drug-likeness (QED) is 0.398. The van der Waals surface area contributed by atoms with Gasteiger partial charge in [0.05, 0.1) is 17.1 Å². The Bertz CT molecular complexity index is 767. The van der Waals surface area contributed by atoms with Crippen LogP contribution in [0.2, 0.25) is 0 Å². The molecule has 0 aliphatic heterocycles. The lowest BCUT2D eigenvalue weighted by Crippen LogP contribution is -2.19. The summed E-state index contributed by atoms with van der Waals surface area (Å²) in [4.78, 5) is 12.2. The van der Waals surface area contributed by atoms with Crippen molar-refractivity contribution in [3.8, 4) is 5.75 Å². The first-order chi connectivity index (χ1) is 11.7. The molecule has 0 spiro atoms. The molecular formula is C16H24O7S2. The lowest BCUT2D eigenvalue weighted by molar-refractivity contribution is 0.0923. The van der Waals surface area contributed by atoms with Crippen molar-refractivity contribution in [2.45, 2.75) is 39.5 Å². The highest BCUT2D eigenvalue weighted by Gasteiger charge is 2.20. The molecule has 0 saturated heterocycles. The molecule has 0 heterocycles. The van der Waals surface area contributed by atoms with E-state index in [0.29, 0.717) is 25.7 Å². The maximum absolute atomic E-state index is 12.2. The fourth-order valence-corrected chi connectivity index (χ4v) is 4.06. The second-order valence-electron chi connectivity index (χ2n) is 5.50. The summed E-state index contributed by atoms with van der Waals surface area (Å²) >= 11 is 0. The zero-order valence-corrected chi connectivity index (χ0v) is 16.1. The van der Waals surface area contributed by atoms with Crippen LogP contribution in [0.25, 0.3) is 0 Å². The van der Waals surface area contributed by atoms with Gasteiger partial charge in [0.25, 0.3) is 10.1 Å². The molecule has 0 atom stereocenters. The van der Waals surface area contributed by atoms with Gasteiger partial charge in [-0.1, -0.05) is 38.8 Å². The lowest BCUT2D eigenvalue weighted by Gasteiger charge is -2.11. The van der Waals surface area contributed by atoms with Crippen molar-refractivity contribution in [2.24, 2.45) is 0 Å². The minimum absolute atomic E-state index is 0.0340. The molecule has 142 valence electrons. The van der Waals surface area contributed by atoms with Crippen molar-refractivity contribution in [1.82, 2.24) is 0 Å². The van der Waals surface area contributed by atoms with Crippen LogP contribution in [-0.4, -0.2) is 40.7 Å². The van der Waals surface area contributed by atoms with Gasteiger partial charge >= 0.3 is 10.1 Å². The molecule has 0 N–H and O–H groups in total. The van der Waals surface area contributed by atoms with E-state index in [4.69, 9.17) is 8.37 Å². The zero-order valence-electron chi connectivity index (χ0n) is 14.4. The van der Waals surface area contributed by atoms with Crippen molar-refractivity contribution in [1.29, 1.82) is 0 Å². The molecule has 0 aliphatic carbocycles. The zero-order chi connectivity index (χ0) is 18.9. The van der Waals surface area contributed by atoms with Crippen LogP contribution in [0.1, 0.15) is 49.9 Å². The first-order valence-corrected chi connectivity index (χ1v) is 11.3. The minimum atomic E-state index is -3.82. The van der Waals surface area contributed by atoms with E-state index in [1.165, 1.54) is 24.3 Å². The summed E-state index contributed by atoms with van der Waals surface area (Å²) in [6.07, 6.45) is 2.25. The molecule has 9 heteroatoms. The van der Waals surface area contributed by atoms with Gasteiger partial charge < -0.3 is 4.18 Å². The van der Waals surface area contributed by atoms with E-state index in [9.17, 15) is 21.6 Å². The highest BCUT2D eigenvalue weighted by molar-refractivity contribution is 7.87. The van der Waals surface area contributed by atoms with E-state index in [2.05, 4.69) is 0 Å². The van der Waals surface area contributed by atoms with Crippen LogP contribution >= 0.6 is 0 Å². The Labute approximate surface area is 149 Å². The van der Waals surface area contributed by atoms with Crippen LogP contribution < -0.4 is 4.18 Å². The van der Waals surface area contributed by atoms with Crippen molar-refractivity contribution in [3.63, 3.8) is 0 Å². The Balaban J connectivity index is 2.83. The number of hydrogen-bond donors (Lipinski definition) is 0. The van der Waals surface area contributed by atoms with Gasteiger partial charge in [0.2, 0.25) is 0 Å². The van der Waals surface area contributed by atoms with Crippen LogP contribution in [0.15, 0.2) is 24.3 Å². The second kappa shape index (κ2) is 9.88. The van der Waals surface area contributed by atoms with E-state index >= 15 is 0 Å². The number of unbranched alkanes of at least 4 members (excludes halogenated alkanes) is 2. The van der Waals surface area contributed by atoms with Crippen molar-refractivity contribution < 1.29 is 30.0 Å². The highest BCUT2D eigenvalue weighted by atomic mass is 32.2. The third kappa shape index (κ3) is 7.98. The standard InChI is InChI=1S/C16H24O7S2/c1-3-5-11-24(18,19)22-13-15(17)14-9-7-8-10-16(14)23-25(20,21)12-6-4-2/h7-10H,3-6,11-13H2,1-2H3. The Hall–Kier alpha value is -1.45. The van der Waals surface area contributed by atoms with E-state index in [0.717, 1.165) is 0 Å². The number of benzene rings is 1. The van der Waals surface area contributed by atoms with Crippen LogP contribution in [0.3, 0.4) is 0 Å². The summed E-state index contributed by atoms with van der Waals surface area (Å²) in [5, 5.41) is 0. The van der Waals surface area contributed by atoms with Crippen LogP contribution in [0.5, 0.6) is 5.75 Å². The molecule has 0 radical (unpaired) electrons. The molecule has 1 aromatic rings. The van der Waals surface area contributed by atoms with E-state index < -0.39 is 32.6 Å². The van der Waals surface area contributed by atoms with Gasteiger partial charge in [0.15, 0.2) is 11.5 Å². The third-order valence-electron chi connectivity index (χ3n) is 3.27. The molecular weight excluding hydrogens is 368 g/mol. The van der Waals surface area contributed by atoms with E-state index in [-0.39, 0.29) is 22.8 Å². The summed E-state index contributed by atoms with van der Waals surface area (Å²) in [7, 11) is -7.61. The largest absolute Gasteiger partial charge is 0.382 e. The van der Waals surface area contributed by atoms with E-state index in [1.54, 1.807) is 0 Å². The van der Waals surface area contributed by atoms with Crippen molar-refractivity contribution in [2.75, 3.05) is 18.1 Å². The minimum Gasteiger partial charge on any atom is -0.382 e. The Morgan fingerprint density at radius 3 is 2.08 bits per heavy atom. The smallest absolute Gasteiger partial charge is 0.309 e. The molecule has 25 heavy (non-hydrogen) atoms. The molecule has 0 amide bonds. The Morgan fingerprint density at radius 1 is 0.920 bits per heavy atom. The molecule has 7 nitrogen and oxygen atoms in total. The maximum Gasteiger partial charge on any atom is 0.309 e. The van der Waals surface area contributed by atoms with Crippen molar-refractivity contribution in [3.05, 3.63) is 29.8 Å². The monoisotopic (exact) mass is 392 g/mol. The third-order valence-corrected chi connectivity index (χ3v) is 5.76. The number of ketones is 1. The average Bonchev–Trinajstić information content (AvgIpc) is 2.56. The molecule has 0 bridgehead atoms. The normalized spacial score (nSPS) is 12.1. The van der Waals surface area contributed by atoms with Gasteiger partial charge in [0.1, 0.15) is 6.61 Å². The molecule has 1 aromatic carbocycles. The van der Waals surface area contributed by atoms with Crippen LogP contribution in [0, 0.1) is 0 Å². The number of hydrogen-bond acceptors (Lipinski definition) is 7. The van der Waals surface area contributed by atoms with Gasteiger partial charge in [-0.15, -0.1) is 0 Å². The summed E-state index contributed by atoms with van der Waals surface area (Å²) in [5.41, 5.74) is -0.0340.